The van der Waals surface area contributed by atoms with Crippen molar-refractivity contribution in [3.63, 3.8) is 0 Å². The zero-order chi connectivity index (χ0) is 21.0. The molecule has 1 atom stereocenters. The van der Waals surface area contributed by atoms with Crippen LogP contribution < -0.4 is 5.32 Å². The third kappa shape index (κ3) is 3.24. The van der Waals surface area contributed by atoms with Crippen molar-refractivity contribution in [2.24, 2.45) is 23.2 Å². The molecule has 2 heterocycles. The summed E-state index contributed by atoms with van der Waals surface area (Å²) in [6.45, 7) is 2.24. The van der Waals surface area contributed by atoms with Gasteiger partial charge in [-0.2, -0.15) is 0 Å². The summed E-state index contributed by atoms with van der Waals surface area (Å²) in [5.74, 6) is 2.65. The van der Waals surface area contributed by atoms with E-state index in [-0.39, 0.29) is 17.4 Å². The molecule has 0 unspecified atom stereocenters. The lowest BCUT2D eigenvalue weighted by molar-refractivity contribution is -0.0687. The van der Waals surface area contributed by atoms with E-state index in [4.69, 9.17) is 4.98 Å². The Balaban J connectivity index is 1.34. The molecule has 0 aliphatic heterocycles. The van der Waals surface area contributed by atoms with E-state index in [0.717, 1.165) is 40.0 Å². The Morgan fingerprint density at radius 3 is 2.32 bits per heavy atom. The highest BCUT2D eigenvalue weighted by atomic mass is 16.1. The van der Waals surface area contributed by atoms with Gasteiger partial charge in [-0.25, -0.2) is 4.98 Å². The molecule has 4 aliphatic carbocycles. The Bertz CT molecular complexity index is 1100. The van der Waals surface area contributed by atoms with Crippen molar-refractivity contribution < 1.29 is 4.79 Å². The maximum atomic E-state index is 13.6. The van der Waals surface area contributed by atoms with Gasteiger partial charge in [0.15, 0.2) is 0 Å². The first-order chi connectivity index (χ1) is 15.1. The van der Waals surface area contributed by atoms with Gasteiger partial charge in [-0.1, -0.05) is 24.3 Å². The van der Waals surface area contributed by atoms with Gasteiger partial charge in [0.2, 0.25) is 0 Å². The number of nitrogens with zero attached hydrogens (tertiary/aromatic N) is 2. The summed E-state index contributed by atoms with van der Waals surface area (Å²) in [6, 6.07) is 15.8. The van der Waals surface area contributed by atoms with Crippen LogP contribution in [0, 0.1) is 23.2 Å². The number of benzene rings is 1. The first kappa shape index (κ1) is 19.0. The first-order valence-electron chi connectivity index (χ1n) is 11.7. The van der Waals surface area contributed by atoms with Crippen molar-refractivity contribution in [3.05, 3.63) is 60.3 Å². The van der Waals surface area contributed by atoms with E-state index in [1.165, 1.54) is 38.5 Å². The third-order valence-corrected chi connectivity index (χ3v) is 8.24. The van der Waals surface area contributed by atoms with Gasteiger partial charge >= 0.3 is 0 Å². The predicted octanol–water partition coefficient (Wildman–Crippen LogP) is 5.63. The summed E-state index contributed by atoms with van der Waals surface area (Å²) in [5.41, 5.74) is 3.35. The quantitative estimate of drug-likeness (QED) is 0.605. The number of rotatable bonds is 4. The fourth-order valence-electron chi connectivity index (χ4n) is 7.14. The molecule has 2 aromatic heterocycles. The molecule has 7 rings (SSSR count). The van der Waals surface area contributed by atoms with Gasteiger partial charge in [0.1, 0.15) is 0 Å². The Labute approximate surface area is 183 Å². The van der Waals surface area contributed by atoms with Gasteiger partial charge < -0.3 is 5.32 Å². The monoisotopic (exact) mass is 411 g/mol. The second kappa shape index (κ2) is 7.15. The number of hydrogen-bond acceptors (Lipinski definition) is 3. The van der Waals surface area contributed by atoms with Gasteiger partial charge in [0, 0.05) is 17.6 Å². The minimum atomic E-state index is 0.0130. The van der Waals surface area contributed by atoms with Gasteiger partial charge in [-0.3, -0.25) is 9.78 Å². The van der Waals surface area contributed by atoms with E-state index in [2.05, 4.69) is 17.2 Å². The third-order valence-electron chi connectivity index (χ3n) is 8.24. The Kier molecular flexibility index (Phi) is 4.38. The molecule has 31 heavy (non-hydrogen) atoms. The molecule has 1 aromatic carbocycles. The highest BCUT2D eigenvalue weighted by Crippen LogP contribution is 2.61. The van der Waals surface area contributed by atoms with E-state index < -0.39 is 0 Å². The van der Waals surface area contributed by atoms with Crippen molar-refractivity contribution in [1.29, 1.82) is 0 Å². The number of hydrogen-bond donors (Lipinski definition) is 1. The van der Waals surface area contributed by atoms with Crippen LogP contribution in [0.2, 0.25) is 0 Å². The van der Waals surface area contributed by atoms with Crippen LogP contribution in [0.4, 0.5) is 0 Å². The van der Waals surface area contributed by atoms with Crippen molar-refractivity contribution in [2.75, 3.05) is 0 Å². The summed E-state index contributed by atoms with van der Waals surface area (Å²) in [6.07, 6.45) is 9.89. The molecule has 0 spiro atoms. The van der Waals surface area contributed by atoms with E-state index >= 15 is 0 Å². The normalized spacial score (nSPS) is 29.8. The predicted molar refractivity (Wildman–Crippen MR) is 123 cm³/mol. The summed E-state index contributed by atoms with van der Waals surface area (Å²) in [4.78, 5) is 22.8. The second-order valence-electron chi connectivity index (χ2n) is 10.3. The molecule has 0 radical (unpaired) electrons. The molecule has 158 valence electrons. The van der Waals surface area contributed by atoms with Crippen LogP contribution >= 0.6 is 0 Å². The van der Waals surface area contributed by atoms with E-state index in [1.807, 2.05) is 48.5 Å². The zero-order valence-corrected chi connectivity index (χ0v) is 18.1. The number of nitrogens with one attached hydrogen (secondary N) is 1. The molecule has 1 amide bonds. The molecule has 3 aromatic rings. The van der Waals surface area contributed by atoms with Crippen molar-refractivity contribution in [1.82, 2.24) is 15.3 Å². The number of para-hydroxylation sites is 1. The number of amides is 1. The first-order valence-corrected chi connectivity index (χ1v) is 11.7. The summed E-state index contributed by atoms with van der Waals surface area (Å²) >= 11 is 0. The fourth-order valence-corrected chi connectivity index (χ4v) is 7.14. The molecular formula is C27H29N3O. The molecule has 4 aliphatic rings. The van der Waals surface area contributed by atoms with Crippen molar-refractivity contribution in [2.45, 2.75) is 51.5 Å². The molecule has 4 bridgehead atoms. The van der Waals surface area contributed by atoms with Crippen LogP contribution in [-0.4, -0.2) is 21.9 Å². The smallest absolute Gasteiger partial charge is 0.252 e. The lowest BCUT2D eigenvalue weighted by Crippen LogP contribution is -2.55. The summed E-state index contributed by atoms with van der Waals surface area (Å²) < 4.78 is 0. The molecule has 4 nitrogen and oxygen atoms in total. The highest BCUT2D eigenvalue weighted by Gasteiger charge is 2.53. The topological polar surface area (TPSA) is 54.9 Å². The number of pyridine rings is 2. The Morgan fingerprint density at radius 1 is 0.968 bits per heavy atom. The fraction of sp³-hybridized carbons (Fsp3) is 0.444. The molecule has 1 N–H and O–H groups in total. The standard InChI is InChI=1S/C27H29N3O/c1-17(27-14-18-10-19(15-27)12-20(11-18)16-27)29-26(31)22-13-25(24-8-4-5-9-28-24)30-23-7-3-2-6-21(22)23/h2-9,13,17-20H,10-12,14-16H2,1H3,(H,29,31)/t17-,18?,19?,20?,27?/m0/s1. The molecule has 4 heteroatoms. The SMILES string of the molecule is C[C@H](NC(=O)c1cc(-c2ccccn2)nc2ccccc12)C12CC3CC(CC(C3)C1)C2. The Morgan fingerprint density at radius 2 is 1.65 bits per heavy atom. The molecule has 0 saturated heterocycles. The lowest BCUT2D eigenvalue weighted by Gasteiger charge is -2.59. The van der Waals surface area contributed by atoms with Gasteiger partial charge in [-0.15, -0.1) is 0 Å². The van der Waals surface area contributed by atoms with Gasteiger partial charge in [0.05, 0.1) is 22.5 Å². The van der Waals surface area contributed by atoms with Crippen molar-refractivity contribution in [3.8, 4) is 11.4 Å². The molecule has 4 fully saturated rings. The van der Waals surface area contributed by atoms with E-state index in [0.29, 0.717) is 5.56 Å². The average molecular weight is 412 g/mol. The van der Waals surface area contributed by atoms with Crippen LogP contribution in [-0.2, 0) is 0 Å². The maximum Gasteiger partial charge on any atom is 0.252 e. The number of carbonyl (C=O) groups excluding carboxylic acids is 1. The maximum absolute atomic E-state index is 13.6. The summed E-state index contributed by atoms with van der Waals surface area (Å²) in [7, 11) is 0. The van der Waals surface area contributed by atoms with Crippen LogP contribution in [0.3, 0.4) is 0 Å². The highest BCUT2D eigenvalue weighted by molar-refractivity contribution is 6.07. The minimum absolute atomic E-state index is 0.0130. The molecular weight excluding hydrogens is 382 g/mol. The van der Waals surface area contributed by atoms with Gasteiger partial charge in [-0.05, 0) is 92.9 Å². The van der Waals surface area contributed by atoms with Crippen LogP contribution in [0.5, 0.6) is 0 Å². The Hall–Kier alpha value is -2.75. The lowest BCUT2D eigenvalue weighted by atomic mass is 9.48. The number of aromatic nitrogens is 2. The minimum Gasteiger partial charge on any atom is -0.349 e. The number of carbonyl (C=O) groups is 1. The number of fused-ring (bicyclic) bond motifs is 1. The summed E-state index contributed by atoms with van der Waals surface area (Å²) in [5, 5.41) is 4.34. The zero-order valence-electron chi connectivity index (χ0n) is 18.1. The van der Waals surface area contributed by atoms with Crippen molar-refractivity contribution >= 4 is 16.8 Å². The van der Waals surface area contributed by atoms with Crippen LogP contribution in [0.1, 0.15) is 55.8 Å². The van der Waals surface area contributed by atoms with Gasteiger partial charge in [0.25, 0.3) is 5.91 Å². The van der Waals surface area contributed by atoms with Crippen LogP contribution in [0.15, 0.2) is 54.7 Å². The van der Waals surface area contributed by atoms with E-state index in [9.17, 15) is 4.79 Å². The second-order valence-corrected chi connectivity index (χ2v) is 10.3. The largest absolute Gasteiger partial charge is 0.349 e. The molecule has 4 saturated carbocycles. The van der Waals surface area contributed by atoms with E-state index in [1.54, 1.807) is 6.20 Å². The van der Waals surface area contributed by atoms with Crippen LogP contribution in [0.25, 0.3) is 22.3 Å². The average Bonchev–Trinajstić information content (AvgIpc) is 2.78.